The summed E-state index contributed by atoms with van der Waals surface area (Å²) in [7, 11) is 0. The molecule has 1 rings (SSSR count). The van der Waals surface area contributed by atoms with Crippen molar-refractivity contribution in [2.45, 2.75) is 39.5 Å². The second-order valence-electron chi connectivity index (χ2n) is 4.53. The van der Waals surface area contributed by atoms with E-state index in [4.69, 9.17) is 4.74 Å². The average molecular weight is 212 g/mol. The van der Waals surface area contributed by atoms with E-state index in [1.807, 2.05) is 0 Å². The van der Waals surface area contributed by atoms with Gasteiger partial charge in [0.05, 0.1) is 12.4 Å². The highest BCUT2D eigenvalue weighted by atomic mass is 16.5. The second-order valence-corrected chi connectivity index (χ2v) is 4.53. The molecule has 1 heterocycles. The molecule has 1 N–H and O–H groups in total. The predicted molar refractivity (Wildman–Crippen MR) is 64.4 cm³/mol. The average Bonchev–Trinajstić information content (AvgIpc) is 2.45. The lowest BCUT2D eigenvalue weighted by atomic mass is 10.2. The minimum atomic E-state index is 0.625. The van der Waals surface area contributed by atoms with Crippen molar-refractivity contribution in [1.29, 1.82) is 0 Å². The van der Waals surface area contributed by atoms with Gasteiger partial charge < -0.3 is 10.1 Å². The van der Waals surface area contributed by atoms with Crippen LogP contribution in [0.1, 0.15) is 39.5 Å². The standard InChI is InChI=1S/C12H24N2O/c1-11(2)10-15-9-8-14-12-6-4-3-5-7-13-12/h11H,3-10H2,1-2H3,(H,13,14). The number of nitrogens with one attached hydrogen (secondary N) is 1. The van der Waals surface area contributed by atoms with Crippen LogP contribution in [0.2, 0.25) is 0 Å². The lowest BCUT2D eigenvalue weighted by Gasteiger charge is -2.09. The van der Waals surface area contributed by atoms with E-state index in [2.05, 4.69) is 24.2 Å². The molecule has 0 amide bonds. The molecule has 1 aliphatic rings. The first-order chi connectivity index (χ1) is 7.29. The van der Waals surface area contributed by atoms with Crippen LogP contribution < -0.4 is 5.32 Å². The molecule has 0 aromatic heterocycles. The zero-order valence-electron chi connectivity index (χ0n) is 10.1. The van der Waals surface area contributed by atoms with Crippen molar-refractivity contribution < 1.29 is 4.74 Å². The number of rotatable bonds is 5. The summed E-state index contributed by atoms with van der Waals surface area (Å²) in [5.41, 5.74) is 0. The molecule has 0 aromatic carbocycles. The molecule has 0 saturated carbocycles. The Morgan fingerprint density at radius 3 is 3.00 bits per heavy atom. The van der Waals surface area contributed by atoms with E-state index in [1.165, 1.54) is 25.1 Å². The Morgan fingerprint density at radius 2 is 2.20 bits per heavy atom. The van der Waals surface area contributed by atoms with Crippen molar-refractivity contribution in [2.75, 3.05) is 26.3 Å². The summed E-state index contributed by atoms with van der Waals surface area (Å²) in [5, 5.41) is 3.36. The van der Waals surface area contributed by atoms with Gasteiger partial charge in [0.15, 0.2) is 0 Å². The molecule has 0 saturated heterocycles. The van der Waals surface area contributed by atoms with Crippen LogP contribution in [0.5, 0.6) is 0 Å². The fraction of sp³-hybridized carbons (Fsp3) is 0.917. The van der Waals surface area contributed by atoms with E-state index in [1.54, 1.807) is 0 Å². The first-order valence-electron chi connectivity index (χ1n) is 6.14. The van der Waals surface area contributed by atoms with Gasteiger partial charge >= 0.3 is 0 Å². The monoisotopic (exact) mass is 212 g/mol. The van der Waals surface area contributed by atoms with Gasteiger partial charge in [0.25, 0.3) is 0 Å². The number of hydrogen-bond acceptors (Lipinski definition) is 3. The van der Waals surface area contributed by atoms with Crippen molar-refractivity contribution in [1.82, 2.24) is 5.32 Å². The topological polar surface area (TPSA) is 33.6 Å². The Bertz CT molecular complexity index is 190. The van der Waals surface area contributed by atoms with Crippen LogP contribution in [0, 0.1) is 5.92 Å². The molecule has 0 spiro atoms. The highest BCUT2D eigenvalue weighted by Gasteiger charge is 2.02. The van der Waals surface area contributed by atoms with Gasteiger partial charge in [0.2, 0.25) is 0 Å². The Hall–Kier alpha value is -0.570. The Morgan fingerprint density at radius 1 is 1.33 bits per heavy atom. The van der Waals surface area contributed by atoms with E-state index in [0.717, 1.165) is 32.7 Å². The summed E-state index contributed by atoms with van der Waals surface area (Å²) >= 11 is 0. The number of amidine groups is 1. The van der Waals surface area contributed by atoms with E-state index < -0.39 is 0 Å². The van der Waals surface area contributed by atoms with Crippen molar-refractivity contribution in [3.63, 3.8) is 0 Å². The highest BCUT2D eigenvalue weighted by molar-refractivity contribution is 5.82. The Labute approximate surface area is 93.3 Å². The molecule has 15 heavy (non-hydrogen) atoms. The third kappa shape index (κ3) is 6.50. The summed E-state index contributed by atoms with van der Waals surface area (Å²) < 4.78 is 5.50. The van der Waals surface area contributed by atoms with Crippen LogP contribution in [0.15, 0.2) is 4.99 Å². The third-order valence-electron chi connectivity index (χ3n) is 2.40. The van der Waals surface area contributed by atoms with E-state index >= 15 is 0 Å². The van der Waals surface area contributed by atoms with Crippen LogP contribution in [0.25, 0.3) is 0 Å². The van der Waals surface area contributed by atoms with Gasteiger partial charge in [-0.3, -0.25) is 4.99 Å². The van der Waals surface area contributed by atoms with Crippen LogP contribution >= 0.6 is 0 Å². The van der Waals surface area contributed by atoms with Crippen molar-refractivity contribution >= 4 is 5.84 Å². The lowest BCUT2D eigenvalue weighted by Crippen LogP contribution is -2.27. The quantitative estimate of drug-likeness (QED) is 0.709. The SMILES string of the molecule is CC(C)COCCNC1=NCCCCC1. The molecule has 0 bridgehead atoms. The molecule has 0 fully saturated rings. The van der Waals surface area contributed by atoms with Crippen molar-refractivity contribution in [3.05, 3.63) is 0 Å². The highest BCUT2D eigenvalue weighted by Crippen LogP contribution is 2.05. The largest absolute Gasteiger partial charge is 0.379 e. The zero-order valence-corrected chi connectivity index (χ0v) is 10.1. The van der Waals surface area contributed by atoms with Crippen LogP contribution in [-0.2, 0) is 4.74 Å². The van der Waals surface area contributed by atoms with Crippen molar-refractivity contribution in [2.24, 2.45) is 10.9 Å². The van der Waals surface area contributed by atoms with Gasteiger partial charge in [-0.25, -0.2) is 0 Å². The number of ether oxygens (including phenoxy) is 1. The second kappa shape index (κ2) is 7.69. The molecule has 0 unspecified atom stereocenters. The summed E-state index contributed by atoms with van der Waals surface area (Å²) in [5.74, 6) is 1.81. The molecular weight excluding hydrogens is 188 g/mol. The number of nitrogens with zero attached hydrogens (tertiary/aromatic N) is 1. The van der Waals surface area contributed by atoms with Gasteiger partial charge in [-0.15, -0.1) is 0 Å². The predicted octanol–water partition coefficient (Wildman–Crippen LogP) is 2.22. The molecule has 0 aliphatic carbocycles. The fourth-order valence-electron chi connectivity index (χ4n) is 1.60. The minimum Gasteiger partial charge on any atom is -0.379 e. The Balaban J connectivity index is 2.01. The van der Waals surface area contributed by atoms with Gasteiger partial charge in [-0.2, -0.15) is 0 Å². The maximum absolute atomic E-state index is 5.50. The summed E-state index contributed by atoms with van der Waals surface area (Å²) in [4.78, 5) is 4.51. The molecule has 0 atom stereocenters. The van der Waals surface area contributed by atoms with Gasteiger partial charge in [-0.05, 0) is 18.8 Å². The normalized spacial score (nSPS) is 17.4. The lowest BCUT2D eigenvalue weighted by molar-refractivity contribution is 0.114. The summed E-state index contributed by atoms with van der Waals surface area (Å²) in [6.45, 7) is 7.87. The van der Waals surface area contributed by atoms with E-state index in [-0.39, 0.29) is 0 Å². The maximum Gasteiger partial charge on any atom is 0.0963 e. The first kappa shape index (κ1) is 12.5. The van der Waals surface area contributed by atoms with Crippen LogP contribution in [0.3, 0.4) is 0 Å². The molecule has 3 nitrogen and oxygen atoms in total. The summed E-state index contributed by atoms with van der Waals surface area (Å²) in [6.07, 6.45) is 4.95. The minimum absolute atomic E-state index is 0.625. The molecule has 0 radical (unpaired) electrons. The smallest absolute Gasteiger partial charge is 0.0963 e. The maximum atomic E-state index is 5.50. The Kier molecular flexibility index (Phi) is 6.41. The molecule has 3 heteroatoms. The summed E-state index contributed by atoms with van der Waals surface area (Å²) in [6, 6.07) is 0. The molecule has 88 valence electrons. The van der Waals surface area contributed by atoms with E-state index in [9.17, 15) is 0 Å². The van der Waals surface area contributed by atoms with Gasteiger partial charge in [-0.1, -0.05) is 20.3 Å². The van der Waals surface area contributed by atoms with Crippen molar-refractivity contribution in [3.8, 4) is 0 Å². The molecule has 1 aliphatic heterocycles. The van der Waals surface area contributed by atoms with Gasteiger partial charge in [0.1, 0.15) is 0 Å². The zero-order chi connectivity index (χ0) is 10.9. The van der Waals surface area contributed by atoms with Crippen LogP contribution in [0.4, 0.5) is 0 Å². The first-order valence-corrected chi connectivity index (χ1v) is 6.14. The molecular formula is C12H24N2O. The number of aliphatic imine (C=N–C) groups is 1. The number of hydrogen-bond donors (Lipinski definition) is 1. The van der Waals surface area contributed by atoms with Gasteiger partial charge in [0, 0.05) is 26.1 Å². The van der Waals surface area contributed by atoms with Crippen LogP contribution in [-0.4, -0.2) is 32.1 Å². The van der Waals surface area contributed by atoms with E-state index in [0.29, 0.717) is 5.92 Å². The molecule has 0 aromatic rings. The fourth-order valence-corrected chi connectivity index (χ4v) is 1.60. The third-order valence-corrected chi connectivity index (χ3v) is 2.40.